The smallest absolute Gasteiger partial charge is 0.333 e. The summed E-state index contributed by atoms with van der Waals surface area (Å²) in [6.45, 7) is 17.9. The minimum atomic E-state index is -4.77. The number of allylic oxidation sites excluding steroid dienone is 3. The first-order chi connectivity index (χ1) is 30.5. The third-order valence-corrected chi connectivity index (χ3v) is 12.4. The second kappa shape index (κ2) is 23.0. The molecule has 15 nitrogen and oxygen atoms in total. The summed E-state index contributed by atoms with van der Waals surface area (Å²) in [7, 11) is -3.16. The molecule has 16 heteroatoms. The molecule has 1 atom stereocenters. The van der Waals surface area contributed by atoms with E-state index in [9.17, 15) is 27.4 Å². The van der Waals surface area contributed by atoms with E-state index in [0.717, 1.165) is 46.7 Å². The van der Waals surface area contributed by atoms with Crippen LogP contribution in [-0.2, 0) is 59.1 Å². The van der Waals surface area contributed by atoms with Gasteiger partial charge in [0.05, 0.1) is 50.6 Å². The van der Waals surface area contributed by atoms with Crippen LogP contribution < -0.4 is 14.8 Å². The average Bonchev–Trinajstić information content (AvgIpc) is 3.68. The Labute approximate surface area is 377 Å². The number of anilines is 1. The van der Waals surface area contributed by atoms with Crippen LogP contribution in [0.3, 0.4) is 0 Å². The van der Waals surface area contributed by atoms with Crippen LogP contribution in [-0.4, -0.2) is 109 Å². The quantitative estimate of drug-likeness (QED) is 0.0422. The van der Waals surface area contributed by atoms with Crippen molar-refractivity contribution in [1.29, 1.82) is 0 Å². The first-order valence-electron chi connectivity index (χ1n) is 22.2. The third kappa shape index (κ3) is 13.0. The number of hydrogen-bond donors (Lipinski definition) is 0. The molecule has 0 aromatic heterocycles. The maximum absolute atomic E-state index is 12.5. The molecule has 5 rings (SSSR count). The van der Waals surface area contributed by atoms with E-state index in [0.29, 0.717) is 94.9 Å². The highest BCUT2D eigenvalue weighted by atomic mass is 32.2. The highest BCUT2D eigenvalue weighted by Gasteiger charge is 2.43. The summed E-state index contributed by atoms with van der Waals surface area (Å²) in [6.07, 6.45) is 8.05. The molecule has 3 aliphatic heterocycles. The molecule has 0 spiro atoms. The molecule has 350 valence electrons. The van der Waals surface area contributed by atoms with Crippen LogP contribution >= 0.6 is 0 Å². The Morgan fingerprint density at radius 1 is 0.891 bits per heavy atom. The highest BCUT2D eigenvalue weighted by molar-refractivity contribution is 7.85. The summed E-state index contributed by atoms with van der Waals surface area (Å²) in [5, 5.41) is 1.63. The van der Waals surface area contributed by atoms with E-state index >= 15 is 0 Å². The molecule has 0 saturated carbocycles. The zero-order valence-corrected chi connectivity index (χ0v) is 39.3. The van der Waals surface area contributed by atoms with Crippen LogP contribution in [0.4, 0.5) is 5.69 Å². The number of unbranched alkanes of at least 4 members (excludes halogenated alkanes) is 2. The van der Waals surface area contributed by atoms with E-state index in [2.05, 4.69) is 68.4 Å². The van der Waals surface area contributed by atoms with Crippen molar-refractivity contribution in [3.63, 3.8) is 0 Å². The van der Waals surface area contributed by atoms with Gasteiger partial charge in [0, 0.05) is 68.0 Å². The Morgan fingerprint density at radius 2 is 1.55 bits per heavy atom. The Morgan fingerprint density at radius 3 is 2.17 bits per heavy atom. The van der Waals surface area contributed by atoms with E-state index < -0.39 is 33.3 Å². The van der Waals surface area contributed by atoms with Gasteiger partial charge in [-0.05, 0) is 99.1 Å². The van der Waals surface area contributed by atoms with E-state index in [1.807, 2.05) is 25.2 Å². The van der Waals surface area contributed by atoms with Crippen molar-refractivity contribution >= 4 is 39.7 Å². The van der Waals surface area contributed by atoms with Crippen molar-refractivity contribution in [3.8, 4) is 11.3 Å². The number of nitrogens with zero attached hydrogens (tertiary/aromatic N) is 3. The van der Waals surface area contributed by atoms with Crippen molar-refractivity contribution in [2.75, 3.05) is 77.9 Å². The maximum atomic E-state index is 12.5. The van der Waals surface area contributed by atoms with Gasteiger partial charge in [0.25, 0.3) is 11.8 Å². The Kier molecular flexibility index (Phi) is 18.0. The summed E-state index contributed by atoms with van der Waals surface area (Å²) >= 11 is 0. The van der Waals surface area contributed by atoms with Crippen molar-refractivity contribution in [1.82, 2.24) is 9.64 Å². The average molecular weight is 908 g/mol. The molecule has 4 aliphatic rings. The maximum Gasteiger partial charge on any atom is 0.333 e. The van der Waals surface area contributed by atoms with Gasteiger partial charge in [-0.15, -0.1) is 5.06 Å². The number of hydrogen-bond acceptors (Lipinski definition) is 13. The molecule has 1 fully saturated rings. The molecule has 0 radical (unpaired) electrons. The standard InChI is InChI=1S/C48H65N3O12S/c1-8-49(9-2)35-17-19-38-39(47(3,4)5)33-36(62-42(38)32-35)14-13-15-43-48(6,23-25-59-28-29-61-31-30-60-27-26-58-7)40-34-37(64(55,56)57)18-20-41(40)50(43)24-12-10-11-16-46(54)63-51-44(52)21-22-45(51)53/h13-15,17-20,32-34H,8-12,16,21-31H2,1-7H3. The lowest BCUT2D eigenvalue weighted by Crippen LogP contribution is -2.32. The van der Waals surface area contributed by atoms with Crippen LogP contribution in [0.5, 0.6) is 0 Å². The van der Waals surface area contributed by atoms with Gasteiger partial charge in [0.15, 0.2) is 0 Å². The fourth-order valence-electron chi connectivity index (χ4n) is 8.09. The van der Waals surface area contributed by atoms with E-state index in [4.69, 9.17) is 28.2 Å². The van der Waals surface area contributed by atoms with Crippen LogP contribution in [0.15, 0.2) is 69.6 Å². The van der Waals surface area contributed by atoms with Crippen LogP contribution in [0.1, 0.15) is 103 Å². The molecule has 1 unspecified atom stereocenters. The fraction of sp³-hybridized carbons (Fsp3) is 0.542. The predicted molar refractivity (Wildman–Crippen MR) is 241 cm³/mol. The number of ether oxygens (including phenoxy) is 4. The number of imide groups is 1. The number of amides is 2. The minimum absolute atomic E-state index is 0.0195. The summed E-state index contributed by atoms with van der Waals surface area (Å²) < 4.78 is 68.2. The van der Waals surface area contributed by atoms with E-state index in [1.54, 1.807) is 13.2 Å². The third-order valence-electron chi connectivity index (χ3n) is 11.6. The van der Waals surface area contributed by atoms with Crippen molar-refractivity contribution < 1.29 is 55.6 Å². The van der Waals surface area contributed by atoms with Gasteiger partial charge in [-0.1, -0.05) is 33.3 Å². The van der Waals surface area contributed by atoms with Crippen molar-refractivity contribution in [3.05, 3.63) is 82.6 Å². The summed E-state index contributed by atoms with van der Waals surface area (Å²) in [5.74, 6) is -0.272. The molecule has 0 N–H and O–H groups in total. The molecule has 2 amide bonds. The fourth-order valence-corrected chi connectivity index (χ4v) is 8.59. The van der Waals surface area contributed by atoms with Crippen molar-refractivity contribution in [2.24, 2.45) is 0 Å². The highest BCUT2D eigenvalue weighted by Crippen LogP contribution is 2.51. The second-order valence-corrected chi connectivity index (χ2v) is 18.5. The van der Waals surface area contributed by atoms with Gasteiger partial charge < -0.3 is 37.7 Å². The lowest BCUT2D eigenvalue weighted by Gasteiger charge is -2.30. The van der Waals surface area contributed by atoms with E-state index in [1.165, 1.54) is 12.1 Å². The monoisotopic (exact) mass is 907 g/mol. The second-order valence-electron chi connectivity index (χ2n) is 17.1. The minimum Gasteiger partial charge on any atom is -0.744 e. The molecule has 0 bridgehead atoms. The van der Waals surface area contributed by atoms with Gasteiger partial charge >= 0.3 is 5.97 Å². The molecular formula is C48H65N3O12S. The summed E-state index contributed by atoms with van der Waals surface area (Å²) in [5.41, 5.74) is 3.49. The SMILES string of the molecule is CC[N+](CC)=c1ccc2c(C(C)(C)C)cc(/C=C/C=C3/N(CCCCCC(=O)ON4C(=O)CCC4=O)c4ccc(S(=O)(=O)[O-])cc4C3(C)CCOCCOCCOCCOC)oc-2c1. The zero-order valence-electron chi connectivity index (χ0n) is 38.4. The van der Waals surface area contributed by atoms with Crippen LogP contribution in [0.2, 0.25) is 0 Å². The number of methoxy groups -OCH3 is 1. The Bertz CT molecular complexity index is 2290. The zero-order chi connectivity index (χ0) is 46.5. The largest absolute Gasteiger partial charge is 0.744 e. The molecule has 1 aromatic rings. The molecule has 1 aromatic carbocycles. The van der Waals surface area contributed by atoms with Gasteiger partial charge in [-0.3, -0.25) is 9.59 Å². The summed E-state index contributed by atoms with van der Waals surface area (Å²) in [6, 6.07) is 12.9. The Balaban J connectivity index is 1.44. The van der Waals surface area contributed by atoms with Crippen molar-refractivity contribution in [2.45, 2.75) is 102 Å². The van der Waals surface area contributed by atoms with Crippen LogP contribution in [0.25, 0.3) is 17.4 Å². The lowest BCUT2D eigenvalue weighted by molar-refractivity contribution is -0.197. The topological polar surface area (TPSA) is 177 Å². The number of rotatable bonds is 24. The predicted octanol–water partition coefficient (Wildman–Crippen LogP) is 6.33. The first-order valence-corrected chi connectivity index (χ1v) is 23.6. The first kappa shape index (κ1) is 50.3. The van der Waals surface area contributed by atoms with Crippen LogP contribution in [0, 0.1) is 0 Å². The Hall–Kier alpha value is -4.71. The molecule has 1 saturated heterocycles. The van der Waals surface area contributed by atoms with Gasteiger partial charge in [-0.2, -0.15) is 0 Å². The number of hydroxylamine groups is 2. The van der Waals surface area contributed by atoms with E-state index in [-0.39, 0.29) is 29.6 Å². The molecule has 1 aliphatic carbocycles. The van der Waals surface area contributed by atoms with Gasteiger partial charge in [0.1, 0.15) is 34.7 Å². The molecular weight excluding hydrogens is 843 g/mol. The number of carbonyl (C=O) groups is 3. The number of benzene rings is 2. The lowest BCUT2D eigenvalue weighted by atomic mass is 9.78. The van der Waals surface area contributed by atoms with Gasteiger partial charge in [0.2, 0.25) is 5.36 Å². The normalized spacial score (nSPS) is 17.4. The number of fused-ring (bicyclic) bond motifs is 2. The molecule has 3 heterocycles. The number of carbonyl (C=O) groups excluding carboxylic acids is 3. The van der Waals surface area contributed by atoms with Gasteiger partial charge in [-0.25, -0.2) is 17.8 Å². The summed E-state index contributed by atoms with van der Waals surface area (Å²) in [4.78, 5) is 43.2. The molecule has 64 heavy (non-hydrogen) atoms.